The first kappa shape index (κ1) is 30.3. The second kappa shape index (κ2) is 13.4. The van der Waals surface area contributed by atoms with Crippen LogP contribution in [-0.4, -0.2) is 46.7 Å². The molecule has 1 aromatic heterocycles. The molecule has 0 spiro atoms. The molecular formula is C34H40ClN3O3S. The normalized spacial score (nSPS) is 15.2. The number of amides is 1. The first-order chi connectivity index (χ1) is 20.3. The number of rotatable bonds is 11. The Hall–Kier alpha value is -3.13. The van der Waals surface area contributed by atoms with Gasteiger partial charge in [0.1, 0.15) is 0 Å². The summed E-state index contributed by atoms with van der Waals surface area (Å²) in [6.07, 6.45) is 7.76. The summed E-state index contributed by atoms with van der Waals surface area (Å²) in [5.74, 6) is -0.156. The minimum Gasteiger partial charge on any atom is -0.345 e. The van der Waals surface area contributed by atoms with Crippen LogP contribution in [0.4, 0.5) is 0 Å². The molecule has 1 amide bonds. The van der Waals surface area contributed by atoms with E-state index in [1.54, 1.807) is 12.1 Å². The van der Waals surface area contributed by atoms with E-state index in [-0.39, 0.29) is 29.4 Å². The lowest BCUT2D eigenvalue weighted by Gasteiger charge is -2.37. The highest BCUT2D eigenvalue weighted by Crippen LogP contribution is 2.29. The van der Waals surface area contributed by atoms with Gasteiger partial charge in [-0.1, -0.05) is 92.4 Å². The Morgan fingerprint density at radius 2 is 1.67 bits per heavy atom. The molecular weight excluding hydrogens is 566 g/mol. The lowest BCUT2D eigenvalue weighted by molar-refractivity contribution is -0.135. The molecule has 1 fully saturated rings. The fourth-order valence-corrected chi connectivity index (χ4v) is 8.06. The quantitative estimate of drug-likeness (QED) is 0.178. The SMILES string of the molecule is CC[C@H](C)N(CC(=O)N(Cc1cccn1Cc1ccccc1Cl)C1CCCCC1)S(=O)(=O)c1cccc2ccccc12. The van der Waals surface area contributed by atoms with Crippen molar-refractivity contribution >= 4 is 38.3 Å². The number of nitrogens with zero attached hydrogens (tertiary/aromatic N) is 3. The molecule has 5 rings (SSSR count). The summed E-state index contributed by atoms with van der Waals surface area (Å²) in [5, 5.41) is 2.24. The molecule has 4 aromatic rings. The Bertz CT molecular complexity index is 1620. The van der Waals surface area contributed by atoms with Gasteiger partial charge in [0.2, 0.25) is 15.9 Å². The maximum Gasteiger partial charge on any atom is 0.244 e. The van der Waals surface area contributed by atoms with Gasteiger partial charge >= 0.3 is 0 Å². The Kier molecular flexibility index (Phi) is 9.71. The fraction of sp³-hybridized carbons (Fsp3) is 0.382. The van der Waals surface area contributed by atoms with Crippen LogP contribution < -0.4 is 0 Å². The van der Waals surface area contributed by atoms with Crippen LogP contribution in [0.25, 0.3) is 10.8 Å². The number of sulfonamides is 1. The first-order valence-corrected chi connectivity index (χ1v) is 16.8. The van der Waals surface area contributed by atoms with Crippen LogP contribution in [-0.2, 0) is 27.9 Å². The lowest BCUT2D eigenvalue weighted by atomic mass is 9.94. The predicted molar refractivity (Wildman–Crippen MR) is 170 cm³/mol. The maximum atomic E-state index is 14.3. The van der Waals surface area contributed by atoms with Gasteiger partial charge in [-0.2, -0.15) is 4.31 Å². The molecule has 0 bridgehead atoms. The summed E-state index contributed by atoms with van der Waals surface area (Å²) in [5.41, 5.74) is 2.01. The molecule has 0 aliphatic heterocycles. The first-order valence-electron chi connectivity index (χ1n) is 15.0. The van der Waals surface area contributed by atoms with E-state index in [1.807, 2.05) is 91.7 Å². The van der Waals surface area contributed by atoms with Gasteiger partial charge in [-0.05, 0) is 61.4 Å². The van der Waals surface area contributed by atoms with Crippen molar-refractivity contribution < 1.29 is 13.2 Å². The third kappa shape index (κ3) is 6.59. The minimum atomic E-state index is -3.95. The summed E-state index contributed by atoms with van der Waals surface area (Å²) < 4.78 is 32.0. The maximum absolute atomic E-state index is 14.3. The van der Waals surface area contributed by atoms with Crippen molar-refractivity contribution in [3.63, 3.8) is 0 Å². The van der Waals surface area contributed by atoms with Crippen molar-refractivity contribution in [3.05, 3.63) is 101 Å². The highest BCUT2D eigenvalue weighted by Gasteiger charge is 2.35. The number of aromatic nitrogens is 1. The molecule has 1 aliphatic rings. The summed E-state index contributed by atoms with van der Waals surface area (Å²) in [7, 11) is -3.95. The highest BCUT2D eigenvalue weighted by molar-refractivity contribution is 7.89. The summed E-state index contributed by atoms with van der Waals surface area (Å²) in [4.78, 5) is 16.4. The van der Waals surface area contributed by atoms with Crippen molar-refractivity contribution in [1.29, 1.82) is 0 Å². The Balaban J connectivity index is 1.45. The van der Waals surface area contributed by atoms with Crippen molar-refractivity contribution in [2.24, 2.45) is 0 Å². The zero-order valence-corrected chi connectivity index (χ0v) is 26.0. The lowest BCUT2D eigenvalue weighted by Crippen LogP contribution is -2.49. The van der Waals surface area contributed by atoms with Gasteiger partial charge in [-0.25, -0.2) is 8.42 Å². The largest absolute Gasteiger partial charge is 0.345 e. The van der Waals surface area contributed by atoms with Crippen molar-refractivity contribution in [2.45, 2.75) is 82.4 Å². The number of halogens is 1. The van der Waals surface area contributed by atoms with Gasteiger partial charge in [0.25, 0.3) is 0 Å². The zero-order chi connectivity index (χ0) is 29.7. The predicted octanol–water partition coefficient (Wildman–Crippen LogP) is 7.49. The molecule has 3 aromatic carbocycles. The van der Waals surface area contributed by atoms with Crippen molar-refractivity contribution in [1.82, 2.24) is 13.8 Å². The van der Waals surface area contributed by atoms with Gasteiger partial charge in [0, 0.05) is 40.9 Å². The minimum absolute atomic E-state index is 0.0777. The van der Waals surface area contributed by atoms with Crippen LogP contribution in [0, 0.1) is 0 Å². The number of fused-ring (bicyclic) bond motifs is 1. The Labute approximate surface area is 254 Å². The molecule has 1 aliphatic carbocycles. The number of hydrogen-bond acceptors (Lipinski definition) is 3. The third-order valence-electron chi connectivity index (χ3n) is 8.60. The van der Waals surface area contributed by atoms with E-state index in [4.69, 9.17) is 11.6 Å². The molecule has 1 heterocycles. The fourth-order valence-electron chi connectivity index (χ4n) is 6.00. The van der Waals surface area contributed by atoms with Gasteiger partial charge in [-0.15, -0.1) is 0 Å². The van der Waals surface area contributed by atoms with E-state index in [9.17, 15) is 13.2 Å². The molecule has 0 unspecified atom stereocenters. The number of benzene rings is 3. The molecule has 1 saturated carbocycles. The summed E-state index contributed by atoms with van der Waals surface area (Å²) in [6.45, 7) is 4.67. The molecule has 6 nitrogen and oxygen atoms in total. The van der Waals surface area contributed by atoms with Gasteiger partial charge in [0.15, 0.2) is 0 Å². The smallest absolute Gasteiger partial charge is 0.244 e. The zero-order valence-electron chi connectivity index (χ0n) is 24.5. The molecule has 8 heteroatoms. The second-order valence-electron chi connectivity index (χ2n) is 11.3. The number of carbonyl (C=O) groups is 1. The topological polar surface area (TPSA) is 62.6 Å². The van der Waals surface area contributed by atoms with Gasteiger partial charge in [-0.3, -0.25) is 4.79 Å². The Morgan fingerprint density at radius 3 is 2.43 bits per heavy atom. The van der Waals surface area contributed by atoms with Crippen LogP contribution in [0.3, 0.4) is 0 Å². The third-order valence-corrected chi connectivity index (χ3v) is 11.0. The molecule has 1 atom stereocenters. The van der Waals surface area contributed by atoms with E-state index < -0.39 is 10.0 Å². The Morgan fingerprint density at radius 1 is 0.952 bits per heavy atom. The van der Waals surface area contributed by atoms with Crippen LogP contribution >= 0.6 is 11.6 Å². The monoisotopic (exact) mass is 605 g/mol. The summed E-state index contributed by atoms with van der Waals surface area (Å²) in [6, 6.07) is 24.4. The van der Waals surface area contributed by atoms with Crippen LogP contribution in [0.5, 0.6) is 0 Å². The number of hydrogen-bond donors (Lipinski definition) is 0. The van der Waals surface area contributed by atoms with Gasteiger partial charge < -0.3 is 9.47 Å². The molecule has 222 valence electrons. The molecule has 0 saturated heterocycles. The molecule has 0 N–H and O–H groups in total. The van der Waals surface area contributed by atoms with E-state index in [1.165, 1.54) is 4.31 Å². The van der Waals surface area contributed by atoms with E-state index in [0.29, 0.717) is 29.9 Å². The number of carbonyl (C=O) groups excluding carboxylic acids is 1. The van der Waals surface area contributed by atoms with Crippen LogP contribution in [0.2, 0.25) is 5.02 Å². The average Bonchev–Trinajstić information content (AvgIpc) is 3.45. The highest BCUT2D eigenvalue weighted by atomic mass is 35.5. The average molecular weight is 606 g/mol. The molecule has 0 radical (unpaired) electrons. The van der Waals surface area contributed by atoms with Crippen LogP contribution in [0.1, 0.15) is 63.6 Å². The van der Waals surface area contributed by atoms with Crippen LogP contribution in [0.15, 0.2) is 90.0 Å². The van der Waals surface area contributed by atoms with Gasteiger partial charge in [0.05, 0.1) is 18.0 Å². The van der Waals surface area contributed by atoms with E-state index in [2.05, 4.69) is 4.57 Å². The second-order valence-corrected chi connectivity index (χ2v) is 13.6. The standard InChI is InChI=1S/C34H40ClN3O3S/c1-3-26(2)38(42(40,41)33-21-11-15-27-13-7-9-19-31(27)33)25-34(39)37(29-16-5-4-6-17-29)24-30-18-12-22-36(30)23-28-14-8-10-20-32(28)35/h7-15,18-22,26,29H,3-6,16-17,23-25H2,1-2H3/t26-/m0/s1. The van der Waals surface area contributed by atoms with E-state index >= 15 is 0 Å². The van der Waals surface area contributed by atoms with E-state index in [0.717, 1.165) is 48.7 Å². The summed E-state index contributed by atoms with van der Waals surface area (Å²) >= 11 is 6.46. The van der Waals surface area contributed by atoms with Crippen molar-refractivity contribution in [2.75, 3.05) is 6.54 Å². The van der Waals surface area contributed by atoms with Crippen molar-refractivity contribution in [3.8, 4) is 0 Å². The molecule has 42 heavy (non-hydrogen) atoms.